The summed E-state index contributed by atoms with van der Waals surface area (Å²) in [5.41, 5.74) is 2.52. The van der Waals surface area contributed by atoms with E-state index in [0.717, 1.165) is 16.7 Å². The maximum Gasteiger partial charge on any atom is 0.305 e. The molecule has 5 nitrogen and oxygen atoms in total. The number of carbonyl (C=O) groups is 2. The minimum absolute atomic E-state index is 0.131. The molecule has 2 aromatic rings. The van der Waals surface area contributed by atoms with Gasteiger partial charge in [0.15, 0.2) is 0 Å². The largest absolute Gasteiger partial charge is 0.496 e. The predicted molar refractivity (Wildman–Crippen MR) is 91.0 cm³/mol. The van der Waals surface area contributed by atoms with Crippen molar-refractivity contribution in [2.45, 2.75) is 25.8 Å². The fourth-order valence-electron chi connectivity index (χ4n) is 2.66. The van der Waals surface area contributed by atoms with Crippen LogP contribution in [-0.2, 0) is 16.0 Å². The molecular formula is C19H21NO4. The van der Waals surface area contributed by atoms with Crippen molar-refractivity contribution < 1.29 is 19.4 Å². The number of rotatable bonds is 7. The molecule has 1 atom stereocenters. The molecule has 1 amide bonds. The third-order valence-electron chi connectivity index (χ3n) is 3.82. The smallest absolute Gasteiger partial charge is 0.305 e. The molecule has 24 heavy (non-hydrogen) atoms. The van der Waals surface area contributed by atoms with Gasteiger partial charge in [-0.25, -0.2) is 0 Å². The fraction of sp³-hybridized carbons (Fsp3) is 0.263. The Morgan fingerprint density at radius 1 is 1.12 bits per heavy atom. The highest BCUT2D eigenvalue weighted by molar-refractivity contribution is 5.80. The highest BCUT2D eigenvalue weighted by atomic mass is 16.5. The highest BCUT2D eigenvalue weighted by Crippen LogP contribution is 2.22. The number of hydrogen-bond acceptors (Lipinski definition) is 3. The lowest BCUT2D eigenvalue weighted by Gasteiger charge is -2.20. The Morgan fingerprint density at radius 3 is 2.46 bits per heavy atom. The van der Waals surface area contributed by atoms with E-state index in [1.165, 1.54) is 0 Å². The van der Waals surface area contributed by atoms with E-state index in [1.54, 1.807) is 13.2 Å². The molecule has 0 aliphatic rings. The second-order valence-electron chi connectivity index (χ2n) is 5.56. The Bertz CT molecular complexity index is 727. The predicted octanol–water partition coefficient (Wildman–Crippen LogP) is 2.88. The van der Waals surface area contributed by atoms with Crippen LogP contribution in [0.2, 0.25) is 0 Å². The molecule has 2 N–H and O–H groups in total. The first kappa shape index (κ1) is 17.5. The summed E-state index contributed by atoms with van der Waals surface area (Å²) in [6, 6.07) is 14.2. The van der Waals surface area contributed by atoms with Gasteiger partial charge in [-0.2, -0.15) is 0 Å². The summed E-state index contributed by atoms with van der Waals surface area (Å²) >= 11 is 0. The average Bonchev–Trinajstić information content (AvgIpc) is 2.54. The number of amides is 1. The number of carbonyl (C=O) groups excluding carboxylic acids is 1. The standard InChI is InChI=1S/C19H21NO4/c1-13-7-3-5-9-15(13)16(12-19(22)23)20-18(21)11-14-8-4-6-10-17(14)24-2/h3-10,16H,11-12H2,1-2H3,(H,20,21)(H,22,23). The van der Waals surface area contributed by atoms with Crippen LogP contribution in [0.5, 0.6) is 5.75 Å². The van der Waals surface area contributed by atoms with Crippen LogP contribution < -0.4 is 10.1 Å². The van der Waals surface area contributed by atoms with Gasteiger partial charge in [0, 0.05) is 5.56 Å². The van der Waals surface area contributed by atoms with Gasteiger partial charge < -0.3 is 15.2 Å². The lowest BCUT2D eigenvalue weighted by molar-refractivity contribution is -0.137. The fourth-order valence-corrected chi connectivity index (χ4v) is 2.66. The minimum Gasteiger partial charge on any atom is -0.496 e. The first-order chi connectivity index (χ1) is 11.5. The van der Waals surface area contributed by atoms with Gasteiger partial charge in [-0.15, -0.1) is 0 Å². The monoisotopic (exact) mass is 327 g/mol. The van der Waals surface area contributed by atoms with E-state index in [1.807, 2.05) is 49.4 Å². The molecule has 0 saturated heterocycles. The number of nitrogens with one attached hydrogen (secondary N) is 1. The molecule has 0 heterocycles. The van der Waals surface area contributed by atoms with Gasteiger partial charge in [-0.1, -0.05) is 42.5 Å². The summed E-state index contributed by atoms with van der Waals surface area (Å²) in [7, 11) is 1.55. The van der Waals surface area contributed by atoms with Crippen LogP contribution >= 0.6 is 0 Å². The molecule has 0 fully saturated rings. The second-order valence-corrected chi connectivity index (χ2v) is 5.56. The number of benzene rings is 2. The first-order valence-electron chi connectivity index (χ1n) is 7.70. The van der Waals surface area contributed by atoms with Gasteiger partial charge in [0.25, 0.3) is 0 Å². The molecule has 5 heteroatoms. The number of aryl methyl sites for hydroxylation is 1. The van der Waals surface area contributed by atoms with Crippen molar-refractivity contribution in [2.75, 3.05) is 7.11 Å². The normalized spacial score (nSPS) is 11.6. The van der Waals surface area contributed by atoms with Crippen molar-refractivity contribution in [3.8, 4) is 5.75 Å². The highest BCUT2D eigenvalue weighted by Gasteiger charge is 2.20. The summed E-state index contributed by atoms with van der Waals surface area (Å²) < 4.78 is 5.25. The van der Waals surface area contributed by atoms with E-state index in [0.29, 0.717) is 5.75 Å². The zero-order chi connectivity index (χ0) is 17.5. The van der Waals surface area contributed by atoms with E-state index in [-0.39, 0.29) is 18.7 Å². The summed E-state index contributed by atoms with van der Waals surface area (Å²) in [5, 5.41) is 12.0. The number of aliphatic carboxylic acids is 1. The van der Waals surface area contributed by atoms with Crippen molar-refractivity contribution in [1.29, 1.82) is 0 Å². The van der Waals surface area contributed by atoms with Crippen LogP contribution in [0.4, 0.5) is 0 Å². The first-order valence-corrected chi connectivity index (χ1v) is 7.70. The Kier molecular flexibility index (Phi) is 5.95. The van der Waals surface area contributed by atoms with Crippen LogP contribution in [-0.4, -0.2) is 24.1 Å². The van der Waals surface area contributed by atoms with Gasteiger partial charge in [-0.05, 0) is 24.1 Å². The van der Waals surface area contributed by atoms with Gasteiger partial charge in [0.2, 0.25) is 5.91 Å². The second kappa shape index (κ2) is 8.15. The molecule has 0 aliphatic carbocycles. The van der Waals surface area contributed by atoms with Crippen molar-refractivity contribution in [2.24, 2.45) is 0 Å². The number of methoxy groups -OCH3 is 1. The molecule has 126 valence electrons. The SMILES string of the molecule is COc1ccccc1CC(=O)NC(CC(=O)O)c1ccccc1C. The topological polar surface area (TPSA) is 75.6 Å². The maximum absolute atomic E-state index is 12.4. The number of hydrogen-bond donors (Lipinski definition) is 2. The third-order valence-corrected chi connectivity index (χ3v) is 3.82. The van der Waals surface area contributed by atoms with E-state index in [9.17, 15) is 9.59 Å². The van der Waals surface area contributed by atoms with E-state index in [4.69, 9.17) is 9.84 Å². The Balaban J connectivity index is 2.16. The van der Waals surface area contributed by atoms with Gasteiger partial charge >= 0.3 is 5.97 Å². The molecule has 0 aromatic heterocycles. The zero-order valence-electron chi connectivity index (χ0n) is 13.8. The number of para-hydroxylation sites is 1. The number of carboxylic acid groups (broad SMARTS) is 1. The zero-order valence-corrected chi connectivity index (χ0v) is 13.8. The van der Waals surface area contributed by atoms with E-state index in [2.05, 4.69) is 5.32 Å². The van der Waals surface area contributed by atoms with Crippen molar-refractivity contribution >= 4 is 11.9 Å². The minimum atomic E-state index is -0.958. The maximum atomic E-state index is 12.4. The molecular weight excluding hydrogens is 306 g/mol. The molecule has 1 unspecified atom stereocenters. The molecule has 0 aliphatic heterocycles. The lowest BCUT2D eigenvalue weighted by Crippen LogP contribution is -2.31. The van der Waals surface area contributed by atoms with Gasteiger partial charge in [0.1, 0.15) is 5.75 Å². The van der Waals surface area contributed by atoms with Crippen molar-refractivity contribution in [1.82, 2.24) is 5.32 Å². The Hall–Kier alpha value is -2.82. The van der Waals surface area contributed by atoms with Gasteiger partial charge in [-0.3, -0.25) is 9.59 Å². The summed E-state index contributed by atoms with van der Waals surface area (Å²) in [4.78, 5) is 23.6. The number of ether oxygens (including phenoxy) is 1. The van der Waals surface area contributed by atoms with E-state index >= 15 is 0 Å². The Morgan fingerprint density at radius 2 is 1.79 bits per heavy atom. The van der Waals surface area contributed by atoms with Crippen molar-refractivity contribution in [3.63, 3.8) is 0 Å². The van der Waals surface area contributed by atoms with Gasteiger partial charge in [0.05, 0.1) is 26.0 Å². The summed E-state index contributed by atoms with van der Waals surface area (Å²) in [6.45, 7) is 1.90. The van der Waals surface area contributed by atoms with E-state index < -0.39 is 12.0 Å². The molecule has 2 rings (SSSR count). The summed E-state index contributed by atoms with van der Waals surface area (Å²) in [6.07, 6.45) is -0.0332. The van der Waals surface area contributed by atoms with Crippen LogP contribution in [0, 0.1) is 6.92 Å². The van der Waals surface area contributed by atoms with Crippen LogP contribution in [0.1, 0.15) is 29.2 Å². The van der Waals surface area contributed by atoms with Crippen LogP contribution in [0.25, 0.3) is 0 Å². The van der Waals surface area contributed by atoms with Crippen molar-refractivity contribution in [3.05, 3.63) is 65.2 Å². The number of carboxylic acids is 1. The molecule has 0 saturated carbocycles. The molecule has 0 bridgehead atoms. The average molecular weight is 327 g/mol. The van der Waals surface area contributed by atoms with Crippen LogP contribution in [0.3, 0.4) is 0 Å². The Labute approximate surface area is 141 Å². The summed E-state index contributed by atoms with van der Waals surface area (Å²) in [5.74, 6) is -0.562. The molecule has 0 spiro atoms. The van der Waals surface area contributed by atoms with Crippen LogP contribution in [0.15, 0.2) is 48.5 Å². The molecule has 2 aromatic carbocycles. The third kappa shape index (κ3) is 4.59. The lowest BCUT2D eigenvalue weighted by atomic mass is 9.98. The quantitative estimate of drug-likeness (QED) is 0.820. The molecule has 0 radical (unpaired) electrons.